The van der Waals surface area contributed by atoms with Crippen LogP contribution in [-0.4, -0.2) is 33.1 Å². The van der Waals surface area contributed by atoms with Gasteiger partial charge in [0.05, 0.1) is 5.69 Å². The number of anilines is 1. The number of phenolic OH excluding ortho intramolecular Hbond substituents is 1. The van der Waals surface area contributed by atoms with E-state index in [4.69, 9.17) is 0 Å². The minimum absolute atomic E-state index is 0.254. The van der Waals surface area contributed by atoms with Crippen molar-refractivity contribution in [3.05, 3.63) is 72.2 Å². The lowest BCUT2D eigenvalue weighted by molar-refractivity contribution is 0.271. The first-order valence-electron chi connectivity index (χ1n) is 8.41. The molecule has 0 aliphatic carbocycles. The highest BCUT2D eigenvalue weighted by Gasteiger charge is 2.16. The molecule has 2 N–H and O–H groups in total. The minimum atomic E-state index is 0.254. The number of hydrogen-bond donors (Lipinski definition) is 2. The van der Waals surface area contributed by atoms with Crippen molar-refractivity contribution in [3.8, 4) is 17.0 Å². The normalized spacial score (nSPS) is 14.4. The smallest absolute Gasteiger partial charge is 0.116 e. The molecule has 3 aromatic rings. The maximum atomic E-state index is 9.68. The van der Waals surface area contributed by atoms with Crippen molar-refractivity contribution in [2.75, 3.05) is 18.4 Å². The largest absolute Gasteiger partial charge is 0.508 e. The van der Waals surface area contributed by atoms with Crippen molar-refractivity contribution in [3.63, 3.8) is 0 Å². The third-order valence-corrected chi connectivity index (χ3v) is 4.39. The predicted molar refractivity (Wildman–Crippen MR) is 98.2 cm³/mol. The number of pyridine rings is 2. The molecule has 3 heterocycles. The van der Waals surface area contributed by atoms with E-state index in [2.05, 4.69) is 32.3 Å². The van der Waals surface area contributed by atoms with Crippen LogP contribution in [0.1, 0.15) is 11.1 Å². The van der Waals surface area contributed by atoms with Crippen LogP contribution < -0.4 is 5.32 Å². The first-order chi connectivity index (χ1) is 12.3. The molecule has 0 spiro atoms. The van der Waals surface area contributed by atoms with Crippen LogP contribution >= 0.6 is 0 Å². The highest BCUT2D eigenvalue weighted by Crippen LogP contribution is 2.27. The molecule has 126 valence electrons. The summed E-state index contributed by atoms with van der Waals surface area (Å²) in [4.78, 5) is 11.2. The second kappa shape index (κ2) is 6.91. The molecule has 0 fully saturated rings. The number of nitrogens with zero attached hydrogens (tertiary/aromatic N) is 3. The molecule has 5 nitrogen and oxygen atoms in total. The topological polar surface area (TPSA) is 61.3 Å². The van der Waals surface area contributed by atoms with E-state index in [1.54, 1.807) is 18.3 Å². The molecule has 1 aliphatic rings. The maximum Gasteiger partial charge on any atom is 0.116 e. The Morgan fingerprint density at radius 3 is 2.92 bits per heavy atom. The number of fused-ring (bicyclic) bond motifs is 1. The zero-order chi connectivity index (χ0) is 17.1. The van der Waals surface area contributed by atoms with Gasteiger partial charge in [0, 0.05) is 61.6 Å². The van der Waals surface area contributed by atoms with Crippen LogP contribution in [0, 0.1) is 0 Å². The van der Waals surface area contributed by atoms with E-state index in [1.807, 2.05) is 30.6 Å². The lowest BCUT2D eigenvalue weighted by Gasteiger charge is -2.19. The summed E-state index contributed by atoms with van der Waals surface area (Å²) in [6.07, 6.45) is 5.65. The molecule has 25 heavy (non-hydrogen) atoms. The molecule has 0 bridgehead atoms. The summed E-state index contributed by atoms with van der Waals surface area (Å²) in [5.41, 5.74) is 5.30. The van der Waals surface area contributed by atoms with E-state index in [-0.39, 0.29) is 5.75 Å². The van der Waals surface area contributed by atoms with E-state index in [0.717, 1.165) is 43.1 Å². The van der Waals surface area contributed by atoms with Gasteiger partial charge in [0.2, 0.25) is 0 Å². The molecular weight excluding hydrogens is 312 g/mol. The fraction of sp³-hybridized carbons (Fsp3) is 0.200. The van der Waals surface area contributed by atoms with Crippen molar-refractivity contribution in [2.24, 2.45) is 0 Å². The van der Waals surface area contributed by atoms with Crippen LogP contribution in [0.3, 0.4) is 0 Å². The van der Waals surface area contributed by atoms with Gasteiger partial charge in [-0.3, -0.25) is 14.9 Å². The summed E-state index contributed by atoms with van der Waals surface area (Å²) in [5.74, 6) is 0.254. The Morgan fingerprint density at radius 1 is 1.12 bits per heavy atom. The molecule has 0 amide bonds. The van der Waals surface area contributed by atoms with Crippen molar-refractivity contribution < 1.29 is 5.11 Å². The van der Waals surface area contributed by atoms with Gasteiger partial charge < -0.3 is 10.4 Å². The molecular formula is C20H20N4O. The Balaban J connectivity index is 1.56. The van der Waals surface area contributed by atoms with E-state index < -0.39 is 0 Å². The van der Waals surface area contributed by atoms with Gasteiger partial charge in [0.15, 0.2) is 0 Å². The summed E-state index contributed by atoms with van der Waals surface area (Å²) >= 11 is 0. The zero-order valence-electron chi connectivity index (χ0n) is 13.9. The maximum absolute atomic E-state index is 9.68. The third kappa shape index (κ3) is 3.61. The quantitative estimate of drug-likeness (QED) is 0.771. The molecule has 2 aromatic heterocycles. The average Bonchev–Trinajstić information content (AvgIpc) is 2.83. The molecule has 0 radical (unpaired) electrons. The zero-order valence-corrected chi connectivity index (χ0v) is 13.9. The second-order valence-electron chi connectivity index (χ2n) is 6.28. The number of hydrogen-bond acceptors (Lipinski definition) is 5. The molecule has 1 aliphatic heterocycles. The van der Waals surface area contributed by atoms with E-state index in [0.29, 0.717) is 0 Å². The Morgan fingerprint density at radius 2 is 2.08 bits per heavy atom. The van der Waals surface area contributed by atoms with Crippen LogP contribution in [0.15, 0.2) is 61.1 Å². The van der Waals surface area contributed by atoms with E-state index in [1.165, 1.54) is 11.1 Å². The van der Waals surface area contributed by atoms with Crippen LogP contribution in [0.5, 0.6) is 5.75 Å². The van der Waals surface area contributed by atoms with Crippen molar-refractivity contribution in [1.29, 1.82) is 0 Å². The summed E-state index contributed by atoms with van der Waals surface area (Å²) < 4.78 is 0. The SMILES string of the molecule is Oc1cccc(-c2cc3c(cn2)CN(Cc2cccnc2)CCN3)c1. The van der Waals surface area contributed by atoms with Gasteiger partial charge >= 0.3 is 0 Å². The molecule has 4 rings (SSSR count). The summed E-state index contributed by atoms with van der Waals surface area (Å²) in [7, 11) is 0. The molecule has 1 aromatic carbocycles. The molecule has 0 saturated carbocycles. The van der Waals surface area contributed by atoms with Gasteiger partial charge in [-0.05, 0) is 29.8 Å². The van der Waals surface area contributed by atoms with Crippen molar-refractivity contribution in [2.45, 2.75) is 13.1 Å². The fourth-order valence-corrected chi connectivity index (χ4v) is 3.15. The number of phenols is 1. The van der Waals surface area contributed by atoms with Crippen molar-refractivity contribution in [1.82, 2.24) is 14.9 Å². The standard InChI is InChI=1S/C20H20N4O/c25-18-5-1-4-16(9-18)19-10-20-17(12-23-19)14-24(8-7-22-20)13-15-3-2-6-21-11-15/h1-6,9-12,22,25H,7-8,13-14H2. The number of aromatic hydroxyl groups is 1. The highest BCUT2D eigenvalue weighted by atomic mass is 16.3. The van der Waals surface area contributed by atoms with E-state index in [9.17, 15) is 5.11 Å². The van der Waals surface area contributed by atoms with Crippen LogP contribution in [-0.2, 0) is 13.1 Å². The summed E-state index contributed by atoms with van der Waals surface area (Å²) in [6.45, 7) is 3.58. The third-order valence-electron chi connectivity index (χ3n) is 4.39. The van der Waals surface area contributed by atoms with Gasteiger partial charge in [-0.2, -0.15) is 0 Å². The Bertz CT molecular complexity index is 867. The van der Waals surface area contributed by atoms with Gasteiger partial charge in [0.1, 0.15) is 5.75 Å². The minimum Gasteiger partial charge on any atom is -0.508 e. The summed E-state index contributed by atoms with van der Waals surface area (Å²) in [6, 6.07) is 13.3. The Kier molecular flexibility index (Phi) is 4.31. The lowest BCUT2D eigenvalue weighted by atomic mass is 10.1. The van der Waals surface area contributed by atoms with Gasteiger partial charge in [0.25, 0.3) is 0 Å². The predicted octanol–water partition coefficient (Wildman–Crippen LogP) is 3.28. The molecule has 0 atom stereocenters. The lowest BCUT2D eigenvalue weighted by Crippen LogP contribution is -2.25. The summed E-state index contributed by atoms with van der Waals surface area (Å²) in [5, 5.41) is 13.2. The molecule has 5 heteroatoms. The Hall–Kier alpha value is -2.92. The number of benzene rings is 1. The second-order valence-corrected chi connectivity index (χ2v) is 6.28. The van der Waals surface area contributed by atoms with Gasteiger partial charge in [-0.1, -0.05) is 18.2 Å². The monoisotopic (exact) mass is 332 g/mol. The highest BCUT2D eigenvalue weighted by molar-refractivity contribution is 5.67. The Labute approximate surface area is 147 Å². The van der Waals surface area contributed by atoms with Crippen LogP contribution in [0.4, 0.5) is 5.69 Å². The number of aromatic nitrogens is 2. The fourth-order valence-electron chi connectivity index (χ4n) is 3.15. The van der Waals surface area contributed by atoms with Gasteiger partial charge in [-0.25, -0.2) is 0 Å². The van der Waals surface area contributed by atoms with Crippen LogP contribution in [0.25, 0.3) is 11.3 Å². The first-order valence-corrected chi connectivity index (χ1v) is 8.41. The number of nitrogens with one attached hydrogen (secondary N) is 1. The van der Waals surface area contributed by atoms with E-state index >= 15 is 0 Å². The average molecular weight is 332 g/mol. The van der Waals surface area contributed by atoms with Gasteiger partial charge in [-0.15, -0.1) is 0 Å². The first kappa shape index (κ1) is 15.6. The van der Waals surface area contributed by atoms with Crippen molar-refractivity contribution >= 4 is 5.69 Å². The molecule has 0 saturated heterocycles. The molecule has 0 unspecified atom stereocenters. The van der Waals surface area contributed by atoms with Crippen LogP contribution in [0.2, 0.25) is 0 Å². The number of rotatable bonds is 3.